The average molecular weight is 604 g/mol. The number of anilines is 1. The van der Waals surface area contributed by atoms with Gasteiger partial charge in [0.15, 0.2) is 11.5 Å². The first kappa shape index (κ1) is 29.9. The summed E-state index contributed by atoms with van der Waals surface area (Å²) in [5.74, 6) is 0.524. The molecule has 1 amide bonds. The van der Waals surface area contributed by atoms with Crippen molar-refractivity contribution in [3.8, 4) is 23.3 Å². The average Bonchev–Trinajstić information content (AvgIpc) is 2.99. The minimum atomic E-state index is -0.610. The third-order valence-electron chi connectivity index (χ3n) is 5.89. The van der Waals surface area contributed by atoms with Gasteiger partial charge in [0.1, 0.15) is 30.6 Å². The number of rotatable bonds is 11. The van der Waals surface area contributed by atoms with Crippen molar-refractivity contribution in [2.75, 3.05) is 12.4 Å². The number of carbonyl (C=O) groups is 1. The first-order valence-corrected chi connectivity index (χ1v) is 13.2. The molecule has 0 atom stereocenters. The van der Waals surface area contributed by atoms with Crippen LogP contribution in [0.5, 0.6) is 17.2 Å². The summed E-state index contributed by atoms with van der Waals surface area (Å²) < 4.78 is 17.0. The van der Waals surface area contributed by atoms with Crippen LogP contribution < -0.4 is 19.5 Å². The molecule has 0 radical (unpaired) electrons. The Morgan fingerprint density at radius 2 is 1.57 bits per heavy atom. The number of amides is 1. The Kier molecular flexibility index (Phi) is 10.0. The summed E-state index contributed by atoms with van der Waals surface area (Å²) in [5.41, 5.74) is 2.38. The van der Waals surface area contributed by atoms with Gasteiger partial charge in [-0.25, -0.2) is 0 Å². The van der Waals surface area contributed by atoms with Gasteiger partial charge in [-0.05, 0) is 83.4 Å². The van der Waals surface area contributed by atoms with Crippen molar-refractivity contribution < 1.29 is 23.9 Å². The first-order valence-electron chi connectivity index (χ1n) is 12.4. The van der Waals surface area contributed by atoms with E-state index in [9.17, 15) is 20.2 Å². The molecule has 0 bridgehead atoms. The highest BCUT2D eigenvalue weighted by Crippen LogP contribution is 2.37. The lowest BCUT2D eigenvalue weighted by atomic mass is 10.1. The van der Waals surface area contributed by atoms with E-state index in [0.29, 0.717) is 34.2 Å². The monoisotopic (exact) mass is 603 g/mol. The van der Waals surface area contributed by atoms with Gasteiger partial charge in [-0.2, -0.15) is 5.26 Å². The zero-order valence-electron chi connectivity index (χ0n) is 22.2. The molecule has 0 saturated heterocycles. The van der Waals surface area contributed by atoms with E-state index in [1.165, 1.54) is 31.4 Å². The fraction of sp³-hybridized carbons (Fsp3) is 0.0968. The number of non-ortho nitro benzene ring substituents is 1. The van der Waals surface area contributed by atoms with E-state index in [-0.39, 0.29) is 34.4 Å². The van der Waals surface area contributed by atoms with Crippen LogP contribution in [0.3, 0.4) is 0 Å². The van der Waals surface area contributed by atoms with Crippen molar-refractivity contribution >= 4 is 46.6 Å². The summed E-state index contributed by atoms with van der Waals surface area (Å²) in [7, 11) is 1.43. The number of nitrogens with zero attached hydrogens (tertiary/aromatic N) is 2. The van der Waals surface area contributed by atoms with E-state index in [2.05, 4.69) is 5.32 Å². The number of ether oxygens (including phenoxy) is 3. The van der Waals surface area contributed by atoms with Gasteiger partial charge in [0.2, 0.25) is 0 Å². The number of nitrogens with one attached hydrogen (secondary N) is 1. The Bertz CT molecular complexity index is 1650. The van der Waals surface area contributed by atoms with Crippen molar-refractivity contribution in [3.05, 3.63) is 127 Å². The highest BCUT2D eigenvalue weighted by atomic mass is 35.5. The summed E-state index contributed by atoms with van der Waals surface area (Å²) in [6, 6.07) is 25.0. The second kappa shape index (κ2) is 14.0. The van der Waals surface area contributed by atoms with Crippen LogP contribution in [0.25, 0.3) is 6.08 Å². The number of nitriles is 1. The molecular formula is C31H23Cl2N3O6. The highest BCUT2D eigenvalue weighted by Gasteiger charge is 2.15. The minimum absolute atomic E-state index is 0.0286. The molecule has 0 spiro atoms. The summed E-state index contributed by atoms with van der Waals surface area (Å²) >= 11 is 12.3. The zero-order chi connectivity index (χ0) is 30.1. The SMILES string of the molecule is COc1cc(/C=C(\C#N)C(=O)Nc2ccc(OCc3ccc(Cl)cc3)cc2)cc(Cl)c1OCc1ccc([N+](=O)[O-])cc1. The quantitative estimate of drug-likeness (QED) is 0.0809. The number of methoxy groups -OCH3 is 1. The normalized spacial score (nSPS) is 10.9. The lowest BCUT2D eigenvalue weighted by molar-refractivity contribution is -0.384. The Balaban J connectivity index is 1.40. The molecular weight excluding hydrogens is 581 g/mol. The lowest BCUT2D eigenvalue weighted by Crippen LogP contribution is -2.13. The van der Waals surface area contributed by atoms with Crippen molar-refractivity contribution in [1.82, 2.24) is 0 Å². The molecule has 4 rings (SSSR count). The molecule has 9 nitrogen and oxygen atoms in total. The molecule has 0 heterocycles. The summed E-state index contributed by atoms with van der Waals surface area (Å²) in [4.78, 5) is 23.2. The van der Waals surface area contributed by atoms with Gasteiger partial charge in [0.05, 0.1) is 17.1 Å². The maximum Gasteiger partial charge on any atom is 0.269 e. The number of hydrogen-bond acceptors (Lipinski definition) is 7. The van der Waals surface area contributed by atoms with E-state index < -0.39 is 10.8 Å². The summed E-state index contributed by atoms with van der Waals surface area (Å²) in [5, 5.41) is 24.0. The fourth-order valence-electron chi connectivity index (χ4n) is 3.73. The molecule has 0 aliphatic heterocycles. The van der Waals surface area contributed by atoms with Crippen LogP contribution in [0.2, 0.25) is 10.0 Å². The molecule has 212 valence electrons. The minimum Gasteiger partial charge on any atom is -0.493 e. The van der Waals surface area contributed by atoms with Crippen LogP contribution in [0.4, 0.5) is 11.4 Å². The van der Waals surface area contributed by atoms with Crippen molar-refractivity contribution in [1.29, 1.82) is 5.26 Å². The van der Waals surface area contributed by atoms with Crippen LogP contribution >= 0.6 is 23.2 Å². The van der Waals surface area contributed by atoms with Crippen LogP contribution in [0.15, 0.2) is 90.5 Å². The van der Waals surface area contributed by atoms with E-state index in [1.807, 2.05) is 18.2 Å². The van der Waals surface area contributed by atoms with E-state index in [4.69, 9.17) is 37.4 Å². The van der Waals surface area contributed by atoms with Crippen LogP contribution in [-0.2, 0) is 18.0 Å². The number of benzene rings is 4. The molecule has 0 aromatic heterocycles. The Hall–Kier alpha value is -5.04. The number of nitro benzene ring substituents is 1. The molecule has 42 heavy (non-hydrogen) atoms. The van der Waals surface area contributed by atoms with Gasteiger partial charge < -0.3 is 19.5 Å². The highest BCUT2D eigenvalue weighted by molar-refractivity contribution is 6.32. The Morgan fingerprint density at radius 1 is 0.952 bits per heavy atom. The third-order valence-corrected chi connectivity index (χ3v) is 6.42. The predicted octanol–water partition coefficient (Wildman–Crippen LogP) is 7.61. The van der Waals surface area contributed by atoms with Crippen LogP contribution in [0, 0.1) is 21.4 Å². The number of halogens is 2. The lowest BCUT2D eigenvalue weighted by Gasteiger charge is -2.13. The van der Waals surface area contributed by atoms with Gasteiger partial charge in [-0.3, -0.25) is 14.9 Å². The van der Waals surface area contributed by atoms with Gasteiger partial charge in [0, 0.05) is 22.8 Å². The Morgan fingerprint density at radius 3 is 2.17 bits per heavy atom. The van der Waals surface area contributed by atoms with Gasteiger partial charge in [-0.15, -0.1) is 0 Å². The molecule has 0 aliphatic rings. The second-order valence-corrected chi connectivity index (χ2v) is 9.65. The molecule has 4 aromatic carbocycles. The number of hydrogen-bond donors (Lipinski definition) is 1. The molecule has 0 unspecified atom stereocenters. The molecule has 0 fully saturated rings. The maximum atomic E-state index is 12.8. The summed E-state index contributed by atoms with van der Waals surface area (Å²) in [6.45, 7) is 0.442. The topological polar surface area (TPSA) is 124 Å². The molecule has 0 aliphatic carbocycles. The predicted molar refractivity (Wildman–Crippen MR) is 160 cm³/mol. The van der Waals surface area contributed by atoms with E-state index >= 15 is 0 Å². The smallest absolute Gasteiger partial charge is 0.269 e. The van der Waals surface area contributed by atoms with Gasteiger partial charge >= 0.3 is 0 Å². The van der Waals surface area contributed by atoms with E-state index in [0.717, 1.165) is 5.56 Å². The summed E-state index contributed by atoms with van der Waals surface area (Å²) in [6.07, 6.45) is 1.38. The molecule has 11 heteroatoms. The molecule has 1 N–H and O–H groups in total. The van der Waals surface area contributed by atoms with Crippen LogP contribution in [0.1, 0.15) is 16.7 Å². The largest absolute Gasteiger partial charge is 0.493 e. The van der Waals surface area contributed by atoms with Gasteiger partial charge in [0.25, 0.3) is 11.6 Å². The maximum absolute atomic E-state index is 12.8. The van der Waals surface area contributed by atoms with E-state index in [1.54, 1.807) is 54.6 Å². The van der Waals surface area contributed by atoms with Gasteiger partial charge in [-0.1, -0.05) is 35.3 Å². The first-order chi connectivity index (χ1) is 20.2. The number of nitro groups is 1. The Labute approximate surface area is 251 Å². The number of carbonyl (C=O) groups excluding carboxylic acids is 1. The van der Waals surface area contributed by atoms with Crippen molar-refractivity contribution in [2.45, 2.75) is 13.2 Å². The zero-order valence-corrected chi connectivity index (χ0v) is 23.7. The van der Waals surface area contributed by atoms with Crippen molar-refractivity contribution in [2.24, 2.45) is 0 Å². The molecule has 0 saturated carbocycles. The molecule has 4 aromatic rings. The fourth-order valence-corrected chi connectivity index (χ4v) is 4.13. The van der Waals surface area contributed by atoms with Crippen LogP contribution in [-0.4, -0.2) is 17.9 Å². The third kappa shape index (κ3) is 8.01. The van der Waals surface area contributed by atoms with Crippen molar-refractivity contribution in [3.63, 3.8) is 0 Å². The standard InChI is InChI=1S/C31H23Cl2N3O6/c1-40-29-16-22(15-28(33)30(29)42-19-21-4-10-26(11-5-21)36(38)39)14-23(17-34)31(37)35-25-8-12-27(13-9-25)41-18-20-2-6-24(32)7-3-20/h2-16H,18-19H2,1H3,(H,35,37)/b23-14+. The second-order valence-electron chi connectivity index (χ2n) is 8.81.